The van der Waals surface area contributed by atoms with E-state index >= 15 is 0 Å². The summed E-state index contributed by atoms with van der Waals surface area (Å²) < 4.78 is 25.8. The normalized spacial score (nSPS) is 10.5. The van der Waals surface area contributed by atoms with Gasteiger partial charge < -0.3 is 5.73 Å². The lowest BCUT2D eigenvalue weighted by Crippen LogP contribution is -2.13. The van der Waals surface area contributed by atoms with Gasteiger partial charge in [-0.15, -0.1) is 24.1 Å². The minimum atomic E-state index is -3.55. The van der Waals surface area contributed by atoms with Crippen molar-refractivity contribution in [2.75, 3.05) is 10.4 Å². The summed E-state index contributed by atoms with van der Waals surface area (Å²) in [5.74, 6) is 1.87. The highest BCUT2D eigenvalue weighted by Crippen LogP contribution is 2.21. The van der Waals surface area contributed by atoms with Crippen LogP contribution in [0.2, 0.25) is 0 Å². The predicted molar refractivity (Wildman–Crippen MR) is 140 cm³/mol. The Morgan fingerprint density at radius 1 is 1.19 bits per heavy atom. The Balaban J connectivity index is 0.00000177. The summed E-state index contributed by atoms with van der Waals surface area (Å²) in [7, 11) is -3.55. The molecular formula is C24H29BrN2O3S2. The average Bonchev–Trinajstić information content (AvgIpc) is 2.78. The lowest BCUT2D eigenvalue weighted by molar-refractivity contribution is 0.112. The minimum absolute atomic E-state index is 0.154. The first kappa shape index (κ1) is 29.7. The zero-order valence-electron chi connectivity index (χ0n) is 18.5. The fourth-order valence-electron chi connectivity index (χ4n) is 2.45. The number of alkyl halides is 1. The van der Waals surface area contributed by atoms with Crippen LogP contribution in [0.25, 0.3) is 0 Å². The van der Waals surface area contributed by atoms with Gasteiger partial charge in [0.25, 0.3) is 0 Å². The number of carbonyl (C=O) groups is 1. The van der Waals surface area contributed by atoms with Crippen LogP contribution in [0, 0.1) is 17.8 Å². The highest BCUT2D eigenvalue weighted by molar-refractivity contribution is 9.11. The molecule has 5 nitrogen and oxygen atoms in total. The molecule has 8 heteroatoms. The lowest BCUT2D eigenvalue weighted by atomic mass is 10.0. The highest BCUT2D eigenvalue weighted by atomic mass is 79.9. The number of sulfone groups is 1. The van der Waals surface area contributed by atoms with E-state index in [1.165, 1.54) is 17.8 Å². The van der Waals surface area contributed by atoms with Crippen molar-refractivity contribution in [2.45, 2.75) is 32.1 Å². The number of hydrogen-bond acceptors (Lipinski definition) is 5. The van der Waals surface area contributed by atoms with Gasteiger partial charge in [0.05, 0.1) is 15.3 Å². The largest absolute Gasteiger partial charge is 0.383 e. The molecule has 0 heterocycles. The molecule has 3 N–H and O–H groups in total. The number of terminal acetylenes is 1. The summed E-state index contributed by atoms with van der Waals surface area (Å²) in [6.07, 6.45) is 7.37. The van der Waals surface area contributed by atoms with Gasteiger partial charge in [0, 0.05) is 10.5 Å². The summed E-state index contributed by atoms with van der Waals surface area (Å²) in [5.41, 5.74) is 7.83. The number of aldehydes is 1. The molecule has 0 aliphatic heterocycles. The van der Waals surface area contributed by atoms with Crippen molar-refractivity contribution in [3.63, 3.8) is 0 Å². The van der Waals surface area contributed by atoms with Gasteiger partial charge >= 0.3 is 0 Å². The van der Waals surface area contributed by atoms with Crippen molar-refractivity contribution in [2.24, 2.45) is 5.73 Å². The Morgan fingerprint density at radius 2 is 1.75 bits per heavy atom. The highest BCUT2D eigenvalue weighted by Gasteiger charge is 2.15. The number of halogens is 1. The number of hydrogen-bond donors (Lipinski definition) is 2. The molecule has 0 aromatic heterocycles. The van der Waals surface area contributed by atoms with Crippen molar-refractivity contribution in [3.8, 4) is 12.3 Å². The molecule has 0 fully saturated rings. The summed E-state index contributed by atoms with van der Waals surface area (Å²) in [4.78, 5) is 11.5. The molecule has 2 aromatic carbocycles. The molecule has 0 aliphatic carbocycles. The molecule has 0 spiro atoms. The SMILES string of the molecule is C#CC.CC.N=C(N)/C(=C/CS(=O)(=O)c1cccc(Cc2cccc(C=O)c2)c1)SCBr. The van der Waals surface area contributed by atoms with Gasteiger partial charge in [0.1, 0.15) is 12.1 Å². The number of carbonyl (C=O) groups excluding carboxylic acids is 1. The van der Waals surface area contributed by atoms with E-state index in [1.54, 1.807) is 43.3 Å². The fraction of sp³-hybridized carbons (Fsp3) is 0.250. The zero-order chi connectivity index (χ0) is 24.6. The first-order valence-corrected chi connectivity index (χ1v) is 13.5. The number of amidine groups is 1. The molecule has 0 radical (unpaired) electrons. The van der Waals surface area contributed by atoms with Crippen LogP contribution in [0.3, 0.4) is 0 Å². The Kier molecular flexibility index (Phi) is 15.1. The quantitative estimate of drug-likeness (QED) is 0.146. The second kappa shape index (κ2) is 16.3. The van der Waals surface area contributed by atoms with Gasteiger partial charge in [0.2, 0.25) is 0 Å². The third kappa shape index (κ3) is 10.8. The summed E-state index contributed by atoms with van der Waals surface area (Å²) in [6, 6.07) is 14.0. The van der Waals surface area contributed by atoms with E-state index in [0.717, 1.165) is 17.4 Å². The molecule has 0 bridgehead atoms. The molecule has 2 aromatic rings. The van der Waals surface area contributed by atoms with E-state index in [0.29, 0.717) is 21.6 Å². The van der Waals surface area contributed by atoms with Crippen LogP contribution in [0.1, 0.15) is 42.3 Å². The maximum atomic E-state index is 12.6. The molecule has 0 saturated carbocycles. The third-order valence-electron chi connectivity index (χ3n) is 3.72. The van der Waals surface area contributed by atoms with Gasteiger partial charge in [-0.05, 0) is 42.7 Å². The van der Waals surface area contributed by atoms with Crippen molar-refractivity contribution in [3.05, 3.63) is 76.2 Å². The van der Waals surface area contributed by atoms with Gasteiger partial charge in [0.15, 0.2) is 9.84 Å². The smallest absolute Gasteiger partial charge is 0.181 e. The second-order valence-corrected chi connectivity index (χ2v) is 10.3. The number of rotatable bonds is 9. The Hall–Kier alpha value is -2.34. The standard InChI is InChI=1S/C19H19BrN2O3S2.C3H4.C2H6/c20-13-26-18(19(21)22)7-8-27(24,25)17-6-2-4-15(11-17)9-14-3-1-5-16(10-14)12-23;1-3-2;1-2/h1-7,10-12H,8-9,13H2,(H3,21,22);1H,2H3;1-2H3/b18-7-;;. The number of thioether (sulfide) groups is 1. The summed E-state index contributed by atoms with van der Waals surface area (Å²) in [6.45, 7) is 5.65. The van der Waals surface area contributed by atoms with Crippen LogP contribution in [0.5, 0.6) is 0 Å². The predicted octanol–water partition coefficient (Wildman–Crippen LogP) is 5.43. The molecule has 0 amide bonds. The maximum Gasteiger partial charge on any atom is 0.181 e. The minimum Gasteiger partial charge on any atom is -0.383 e. The Labute approximate surface area is 204 Å². The van der Waals surface area contributed by atoms with Crippen LogP contribution < -0.4 is 5.73 Å². The monoisotopic (exact) mass is 536 g/mol. The van der Waals surface area contributed by atoms with Crippen LogP contribution >= 0.6 is 27.7 Å². The maximum absolute atomic E-state index is 12.6. The van der Waals surface area contributed by atoms with Crippen LogP contribution in [-0.2, 0) is 16.3 Å². The average molecular weight is 538 g/mol. The number of nitrogens with two attached hydrogens (primary N) is 1. The molecule has 0 aliphatic rings. The fourth-order valence-corrected chi connectivity index (χ4v) is 4.96. The molecule has 2 rings (SSSR count). The van der Waals surface area contributed by atoms with E-state index < -0.39 is 9.84 Å². The van der Waals surface area contributed by atoms with Gasteiger partial charge in [-0.2, -0.15) is 0 Å². The number of nitrogens with one attached hydrogen (secondary N) is 1. The lowest BCUT2D eigenvalue weighted by Gasteiger charge is -2.08. The van der Waals surface area contributed by atoms with Crippen molar-refractivity contribution in [1.82, 2.24) is 0 Å². The van der Waals surface area contributed by atoms with Crippen LogP contribution in [0.4, 0.5) is 0 Å². The van der Waals surface area contributed by atoms with Gasteiger partial charge in [-0.3, -0.25) is 10.2 Å². The Bertz CT molecular complexity index is 1060. The first-order chi connectivity index (χ1) is 15.3. The van der Waals surface area contributed by atoms with Crippen LogP contribution in [0.15, 0.2) is 64.4 Å². The van der Waals surface area contributed by atoms with Gasteiger partial charge in [-0.1, -0.05) is 66.2 Å². The van der Waals surface area contributed by atoms with E-state index in [9.17, 15) is 13.2 Å². The molecule has 32 heavy (non-hydrogen) atoms. The van der Waals surface area contributed by atoms with Crippen molar-refractivity contribution < 1.29 is 13.2 Å². The zero-order valence-corrected chi connectivity index (χ0v) is 21.7. The van der Waals surface area contributed by atoms with Crippen molar-refractivity contribution >= 4 is 49.7 Å². The topological polar surface area (TPSA) is 101 Å². The van der Waals surface area contributed by atoms with Crippen LogP contribution in [-0.4, -0.2) is 31.0 Å². The molecule has 0 atom stereocenters. The summed E-state index contributed by atoms with van der Waals surface area (Å²) >= 11 is 4.50. The van der Waals surface area contributed by atoms with Gasteiger partial charge in [-0.25, -0.2) is 8.42 Å². The first-order valence-electron chi connectivity index (χ1n) is 9.73. The van der Waals surface area contributed by atoms with E-state index in [2.05, 4.69) is 28.3 Å². The molecule has 0 saturated heterocycles. The Morgan fingerprint density at radius 3 is 2.28 bits per heavy atom. The number of benzene rings is 2. The molecule has 172 valence electrons. The second-order valence-electron chi connectivity index (χ2n) is 5.99. The summed E-state index contributed by atoms with van der Waals surface area (Å²) in [5, 5.41) is 7.51. The molecule has 0 unspecified atom stereocenters. The van der Waals surface area contributed by atoms with E-state index in [-0.39, 0.29) is 16.5 Å². The van der Waals surface area contributed by atoms with Crippen molar-refractivity contribution in [1.29, 1.82) is 5.41 Å². The molecular weight excluding hydrogens is 508 g/mol. The van der Waals surface area contributed by atoms with E-state index in [1.807, 2.05) is 26.0 Å². The third-order valence-corrected chi connectivity index (χ3v) is 6.79. The van der Waals surface area contributed by atoms with E-state index in [4.69, 9.17) is 11.1 Å².